The number of likely N-dealkylation sites (N-methyl/N-ethyl adjacent to an activating group) is 1. The quantitative estimate of drug-likeness (QED) is 0.554. The number of benzene rings is 1. The van der Waals surface area contributed by atoms with Crippen molar-refractivity contribution >= 4 is 40.3 Å². The Morgan fingerprint density at radius 2 is 1.83 bits per heavy atom. The van der Waals surface area contributed by atoms with Gasteiger partial charge in [0.25, 0.3) is 5.24 Å². The van der Waals surface area contributed by atoms with Gasteiger partial charge >= 0.3 is 0 Å². The van der Waals surface area contributed by atoms with Crippen molar-refractivity contribution in [3.05, 3.63) is 57.8 Å². The summed E-state index contributed by atoms with van der Waals surface area (Å²) in [6, 6.07) is 10.6. The molecule has 1 aromatic heterocycles. The molecule has 0 radical (unpaired) electrons. The molecular weight excluding hydrogens is 336 g/mol. The number of thiocarbonyl (C=S) groups is 1. The number of hydrogen-bond donors (Lipinski definition) is 0. The highest BCUT2D eigenvalue weighted by atomic mass is 32.2. The summed E-state index contributed by atoms with van der Waals surface area (Å²) in [4.78, 5) is 15.1. The Morgan fingerprint density at radius 1 is 1.17 bits per heavy atom. The zero-order chi connectivity index (χ0) is 17.4. The van der Waals surface area contributed by atoms with Crippen LogP contribution in [-0.4, -0.2) is 26.2 Å². The summed E-state index contributed by atoms with van der Waals surface area (Å²) < 4.78 is 2.23. The van der Waals surface area contributed by atoms with Gasteiger partial charge in [-0.25, -0.2) is 0 Å². The summed E-state index contributed by atoms with van der Waals surface area (Å²) in [7, 11) is 0. The average molecular weight is 357 g/mol. The number of carbonyl (C=O) groups is 1. The van der Waals surface area contributed by atoms with E-state index in [2.05, 4.69) is 55.7 Å². The highest BCUT2D eigenvalue weighted by Crippen LogP contribution is 2.34. The first-order valence-corrected chi connectivity index (χ1v) is 9.16. The maximum absolute atomic E-state index is 12.0. The second-order valence-corrected chi connectivity index (χ2v) is 7.30. The van der Waals surface area contributed by atoms with E-state index in [1.807, 2.05) is 13.0 Å². The zero-order valence-electron chi connectivity index (χ0n) is 14.3. The highest BCUT2D eigenvalue weighted by Gasteiger charge is 2.30. The first-order chi connectivity index (χ1) is 11.4. The topological polar surface area (TPSA) is 25.2 Å². The van der Waals surface area contributed by atoms with E-state index in [4.69, 9.17) is 12.2 Å². The Morgan fingerprint density at radius 3 is 2.42 bits per heavy atom. The molecule has 0 bridgehead atoms. The fourth-order valence-corrected chi connectivity index (χ4v) is 4.29. The van der Waals surface area contributed by atoms with Crippen LogP contribution in [0.2, 0.25) is 0 Å². The number of aryl methyl sites for hydroxylation is 2. The van der Waals surface area contributed by atoms with E-state index in [0.717, 1.165) is 27.5 Å². The zero-order valence-corrected chi connectivity index (χ0v) is 15.9. The van der Waals surface area contributed by atoms with Crippen LogP contribution in [0.3, 0.4) is 0 Å². The lowest BCUT2D eigenvalue weighted by Gasteiger charge is -2.10. The van der Waals surface area contributed by atoms with Crippen LogP contribution in [-0.2, 0) is 0 Å². The Hall–Kier alpha value is -1.85. The summed E-state index contributed by atoms with van der Waals surface area (Å²) in [5.74, 6) is 0. The van der Waals surface area contributed by atoms with Crippen LogP contribution < -0.4 is 0 Å². The molecule has 0 atom stereocenters. The van der Waals surface area contributed by atoms with Crippen molar-refractivity contribution < 1.29 is 4.79 Å². The van der Waals surface area contributed by atoms with Crippen molar-refractivity contribution in [2.45, 2.75) is 27.7 Å². The molecule has 3 nitrogen and oxygen atoms in total. The van der Waals surface area contributed by atoms with Gasteiger partial charge in [-0.2, -0.15) is 0 Å². The van der Waals surface area contributed by atoms with Gasteiger partial charge in [0.15, 0.2) is 0 Å². The lowest BCUT2D eigenvalue weighted by Crippen LogP contribution is -2.26. The van der Waals surface area contributed by atoms with Gasteiger partial charge in [0, 0.05) is 23.6 Å². The summed E-state index contributed by atoms with van der Waals surface area (Å²) in [5, 5.41) is 0.0149. The number of amides is 1. The van der Waals surface area contributed by atoms with E-state index in [9.17, 15) is 4.79 Å². The van der Waals surface area contributed by atoms with Crippen LogP contribution >= 0.6 is 24.0 Å². The van der Waals surface area contributed by atoms with E-state index in [-0.39, 0.29) is 5.24 Å². The molecule has 1 aromatic carbocycles. The molecule has 0 unspecified atom stereocenters. The Balaban J connectivity index is 2.01. The molecule has 1 aliphatic rings. The molecule has 1 fully saturated rings. The first kappa shape index (κ1) is 17.0. The van der Waals surface area contributed by atoms with Gasteiger partial charge < -0.3 is 4.57 Å². The van der Waals surface area contributed by atoms with Crippen molar-refractivity contribution in [2.75, 3.05) is 6.54 Å². The molecule has 3 rings (SSSR count). The Kier molecular flexibility index (Phi) is 4.65. The van der Waals surface area contributed by atoms with Gasteiger partial charge in [0.2, 0.25) is 0 Å². The largest absolute Gasteiger partial charge is 0.318 e. The maximum atomic E-state index is 12.0. The SMILES string of the molecule is CCN1C(=O)S/C(=C\c2cc(C)n(-c3ccc(C)cc3)c2C)C1=S. The number of hydrogen-bond acceptors (Lipinski definition) is 3. The summed E-state index contributed by atoms with van der Waals surface area (Å²) in [6.07, 6.45) is 2.04. The van der Waals surface area contributed by atoms with Gasteiger partial charge in [-0.05, 0) is 69.3 Å². The van der Waals surface area contributed by atoms with Crippen molar-refractivity contribution in [3.8, 4) is 5.69 Å². The molecule has 0 aliphatic carbocycles. The summed E-state index contributed by atoms with van der Waals surface area (Å²) >= 11 is 6.66. The number of rotatable bonds is 3. The predicted octanol–water partition coefficient (Wildman–Crippen LogP) is 5.26. The number of carbonyl (C=O) groups excluding carboxylic acids is 1. The molecule has 0 N–H and O–H groups in total. The molecular formula is C19H20N2OS2. The molecule has 2 aromatic rings. The van der Waals surface area contributed by atoms with Crippen LogP contribution in [0, 0.1) is 20.8 Å². The van der Waals surface area contributed by atoms with Gasteiger partial charge in [-0.1, -0.05) is 29.9 Å². The molecule has 24 heavy (non-hydrogen) atoms. The number of nitrogens with zero attached hydrogens (tertiary/aromatic N) is 2. The molecule has 124 valence electrons. The molecule has 5 heteroatoms. The van der Waals surface area contributed by atoms with Crippen LogP contribution in [0.5, 0.6) is 0 Å². The third kappa shape index (κ3) is 2.94. The third-order valence-electron chi connectivity index (χ3n) is 4.24. The lowest BCUT2D eigenvalue weighted by molar-refractivity contribution is 0.247. The number of aromatic nitrogens is 1. The second kappa shape index (κ2) is 6.57. The Bertz CT molecular complexity index is 847. The van der Waals surface area contributed by atoms with Crippen LogP contribution in [0.25, 0.3) is 11.8 Å². The van der Waals surface area contributed by atoms with Crippen molar-refractivity contribution in [3.63, 3.8) is 0 Å². The number of thioether (sulfide) groups is 1. The monoisotopic (exact) mass is 356 g/mol. The maximum Gasteiger partial charge on any atom is 0.291 e. The standard InChI is InChI=1S/C19H20N2OS2/c1-5-20-18(23)17(24-19(20)22)11-15-10-13(3)21(14(15)4)16-8-6-12(2)7-9-16/h6-11H,5H2,1-4H3/b17-11-. The molecule has 1 amide bonds. The fourth-order valence-electron chi connectivity index (χ4n) is 2.94. The van der Waals surface area contributed by atoms with E-state index < -0.39 is 0 Å². The minimum atomic E-state index is 0.0149. The predicted molar refractivity (Wildman–Crippen MR) is 106 cm³/mol. The first-order valence-electron chi connectivity index (χ1n) is 7.93. The minimum absolute atomic E-state index is 0.0149. The molecule has 1 saturated heterocycles. The van der Waals surface area contributed by atoms with Crippen molar-refractivity contribution in [1.82, 2.24) is 9.47 Å². The van der Waals surface area contributed by atoms with Gasteiger partial charge in [0.1, 0.15) is 4.99 Å². The van der Waals surface area contributed by atoms with E-state index in [1.54, 1.807) is 4.90 Å². The van der Waals surface area contributed by atoms with Crippen LogP contribution in [0.1, 0.15) is 29.4 Å². The molecule has 1 aliphatic heterocycles. The Labute approximate surface area is 152 Å². The van der Waals surface area contributed by atoms with E-state index in [1.165, 1.54) is 17.3 Å². The van der Waals surface area contributed by atoms with Crippen LogP contribution in [0.4, 0.5) is 4.79 Å². The van der Waals surface area contributed by atoms with Crippen molar-refractivity contribution in [1.29, 1.82) is 0 Å². The van der Waals surface area contributed by atoms with Gasteiger partial charge in [-0.3, -0.25) is 9.69 Å². The smallest absolute Gasteiger partial charge is 0.291 e. The average Bonchev–Trinajstić information content (AvgIpc) is 2.97. The molecule has 0 saturated carbocycles. The third-order valence-corrected chi connectivity index (χ3v) is 5.73. The second-order valence-electron chi connectivity index (χ2n) is 5.92. The molecule has 2 heterocycles. The van der Waals surface area contributed by atoms with Gasteiger partial charge in [-0.15, -0.1) is 0 Å². The van der Waals surface area contributed by atoms with Crippen molar-refractivity contribution in [2.24, 2.45) is 0 Å². The lowest BCUT2D eigenvalue weighted by atomic mass is 10.2. The highest BCUT2D eigenvalue weighted by molar-refractivity contribution is 8.19. The van der Waals surface area contributed by atoms with Gasteiger partial charge in [0.05, 0.1) is 4.91 Å². The normalized spacial score (nSPS) is 16.5. The summed E-state index contributed by atoms with van der Waals surface area (Å²) in [5.41, 5.74) is 5.80. The van der Waals surface area contributed by atoms with E-state index >= 15 is 0 Å². The van der Waals surface area contributed by atoms with Crippen LogP contribution in [0.15, 0.2) is 35.2 Å². The van der Waals surface area contributed by atoms with E-state index in [0.29, 0.717) is 11.5 Å². The fraction of sp³-hybridized carbons (Fsp3) is 0.263. The minimum Gasteiger partial charge on any atom is -0.318 e. The molecule has 0 spiro atoms. The summed E-state index contributed by atoms with van der Waals surface area (Å²) in [6.45, 7) is 8.84.